The smallest absolute Gasteiger partial charge is 0.125 e. The molecule has 0 heterocycles. The van der Waals surface area contributed by atoms with Crippen LogP contribution in [0, 0.1) is 0 Å². The first-order chi connectivity index (χ1) is 7.22. The van der Waals surface area contributed by atoms with Gasteiger partial charge in [0.25, 0.3) is 0 Å². The largest absolute Gasteiger partial charge is 0.748 e. The fraction of sp³-hybridized carbons (Fsp3) is 0.214. The number of hydrogen-bond donors (Lipinski definition) is 0. The molecule has 0 bridgehead atoms. The first kappa shape index (κ1) is 14.9. The molecule has 0 radical (unpaired) electrons. The van der Waals surface area contributed by atoms with Gasteiger partial charge in [-0.25, -0.2) is 12.1 Å². The van der Waals surface area contributed by atoms with Gasteiger partial charge in [0.2, 0.25) is 0 Å². The Morgan fingerprint density at radius 1 is 1.06 bits per heavy atom. The van der Waals surface area contributed by atoms with Gasteiger partial charge in [-0.05, 0) is 12.8 Å². The molecule has 0 aliphatic heterocycles. The third kappa shape index (κ3) is 5.11. The molecule has 2 aromatic rings. The van der Waals surface area contributed by atoms with Crippen LogP contribution >= 0.6 is 0 Å². The summed E-state index contributed by atoms with van der Waals surface area (Å²) in [6, 6.07) is 17.9. The second-order valence-corrected chi connectivity index (χ2v) is 3.51. The van der Waals surface area contributed by atoms with Gasteiger partial charge in [0.1, 0.15) is 5.78 Å². The number of ketones is 1. The van der Waals surface area contributed by atoms with E-state index in [0.717, 1.165) is 5.56 Å². The van der Waals surface area contributed by atoms with Crippen LogP contribution in [0.15, 0.2) is 54.6 Å². The molecule has 0 aliphatic rings. The van der Waals surface area contributed by atoms with Gasteiger partial charge in [-0.1, -0.05) is 6.92 Å². The Kier molecular flexibility index (Phi) is 7.53. The van der Waals surface area contributed by atoms with Gasteiger partial charge in [-0.15, -0.1) is 5.56 Å². The van der Waals surface area contributed by atoms with Gasteiger partial charge < -0.3 is 35.1 Å². The van der Waals surface area contributed by atoms with Gasteiger partial charge in [0.05, 0.1) is 0 Å². The standard InChI is InChI=1S/C9H11O.C5H5.Fe/c1-7(8(2)10)9-5-3-4-6-9;1-2-4-5-3-1;/h3-7H,1-2H3;1-5H;/q-1;-5;. The van der Waals surface area contributed by atoms with Gasteiger partial charge in [0, 0.05) is 17.1 Å². The number of Topliss-reactive ketones (excluding diaryl/α,β-unsaturated/α-hetero) is 1. The van der Waals surface area contributed by atoms with Crippen molar-refractivity contribution in [3.8, 4) is 0 Å². The van der Waals surface area contributed by atoms with E-state index < -0.39 is 0 Å². The molecule has 0 spiro atoms. The van der Waals surface area contributed by atoms with Crippen molar-refractivity contribution in [1.82, 2.24) is 0 Å². The van der Waals surface area contributed by atoms with Crippen molar-refractivity contribution >= 4 is 5.78 Å². The van der Waals surface area contributed by atoms with Crippen LogP contribution in [0.2, 0.25) is 0 Å². The topological polar surface area (TPSA) is 17.1 Å². The Morgan fingerprint density at radius 3 is 1.75 bits per heavy atom. The second kappa shape index (κ2) is 8.09. The normalized spacial score (nSPS) is 10.6. The Balaban J connectivity index is 0.000000318. The molecule has 0 saturated heterocycles. The van der Waals surface area contributed by atoms with E-state index in [1.807, 2.05) is 61.5 Å². The summed E-state index contributed by atoms with van der Waals surface area (Å²) in [5.74, 6) is 0.293. The quantitative estimate of drug-likeness (QED) is 0.593. The van der Waals surface area contributed by atoms with Crippen molar-refractivity contribution in [3.05, 3.63) is 60.2 Å². The Labute approximate surface area is 108 Å². The van der Waals surface area contributed by atoms with Gasteiger partial charge >= 0.3 is 0 Å². The molecule has 1 atom stereocenters. The molecule has 1 unspecified atom stereocenters. The minimum absolute atomic E-state index is 0. The summed E-state index contributed by atoms with van der Waals surface area (Å²) in [4.78, 5) is 10.8. The number of carbonyl (C=O) groups is 1. The van der Waals surface area contributed by atoms with Gasteiger partial charge in [-0.2, -0.15) is 12.1 Å². The van der Waals surface area contributed by atoms with Gasteiger partial charge in [-0.3, -0.25) is 0 Å². The van der Waals surface area contributed by atoms with E-state index in [-0.39, 0.29) is 28.8 Å². The SMILES string of the molecule is CC(=O)C(C)[c-]1cccc1.[Fe].[cH-]1[cH-][cH-][cH-][cH-]1. The van der Waals surface area contributed by atoms with E-state index in [1.54, 1.807) is 6.92 Å². The van der Waals surface area contributed by atoms with Crippen molar-refractivity contribution in [2.75, 3.05) is 0 Å². The third-order valence-electron chi connectivity index (χ3n) is 2.35. The number of carbonyl (C=O) groups excluding carboxylic acids is 1. The number of hydrogen-bond acceptors (Lipinski definition) is 1. The van der Waals surface area contributed by atoms with Crippen molar-refractivity contribution in [3.63, 3.8) is 0 Å². The maximum absolute atomic E-state index is 10.8. The molecule has 0 fully saturated rings. The van der Waals surface area contributed by atoms with Crippen molar-refractivity contribution in [1.29, 1.82) is 0 Å². The van der Waals surface area contributed by atoms with Crippen LogP contribution in [0.1, 0.15) is 25.3 Å². The molecule has 0 aromatic heterocycles. The molecule has 16 heavy (non-hydrogen) atoms. The van der Waals surface area contributed by atoms with Crippen LogP contribution in [0.3, 0.4) is 0 Å². The van der Waals surface area contributed by atoms with Crippen LogP contribution in [-0.4, -0.2) is 5.78 Å². The fourth-order valence-electron chi connectivity index (χ4n) is 1.23. The van der Waals surface area contributed by atoms with Crippen molar-refractivity contribution in [2.45, 2.75) is 19.8 Å². The van der Waals surface area contributed by atoms with Crippen molar-refractivity contribution < 1.29 is 21.9 Å². The minimum atomic E-state index is 0. The minimum Gasteiger partial charge on any atom is -0.748 e. The van der Waals surface area contributed by atoms with E-state index in [9.17, 15) is 4.79 Å². The molecule has 2 rings (SSSR count). The molecule has 1 nitrogen and oxygen atoms in total. The zero-order chi connectivity index (χ0) is 11.1. The predicted octanol–water partition coefficient (Wildman–Crippen LogP) is 3.50. The van der Waals surface area contributed by atoms with E-state index in [4.69, 9.17) is 0 Å². The van der Waals surface area contributed by atoms with Crippen LogP contribution in [-0.2, 0) is 21.9 Å². The molecule has 0 saturated carbocycles. The van der Waals surface area contributed by atoms with Crippen LogP contribution in [0.25, 0.3) is 0 Å². The van der Waals surface area contributed by atoms with Crippen molar-refractivity contribution in [2.24, 2.45) is 0 Å². The summed E-state index contributed by atoms with van der Waals surface area (Å²) < 4.78 is 0. The summed E-state index contributed by atoms with van der Waals surface area (Å²) in [6.45, 7) is 3.55. The Hall–Kier alpha value is -1.11. The molecule has 0 N–H and O–H groups in total. The summed E-state index contributed by atoms with van der Waals surface area (Å²) in [6.07, 6.45) is 0. The average molecular weight is 256 g/mol. The second-order valence-electron chi connectivity index (χ2n) is 3.51. The summed E-state index contributed by atoms with van der Waals surface area (Å²) in [5.41, 5.74) is 1.12. The van der Waals surface area contributed by atoms with Gasteiger partial charge in [0.15, 0.2) is 0 Å². The first-order valence-electron chi connectivity index (χ1n) is 5.10. The Bertz CT molecular complexity index is 342. The van der Waals surface area contributed by atoms with E-state index >= 15 is 0 Å². The summed E-state index contributed by atoms with van der Waals surface area (Å²) in [7, 11) is 0. The number of rotatable bonds is 2. The maximum atomic E-state index is 10.8. The molecule has 2 heteroatoms. The fourth-order valence-corrected chi connectivity index (χ4v) is 1.23. The predicted molar refractivity (Wildman–Crippen MR) is 63.2 cm³/mol. The molecular formula is C14H16FeO-6. The molecule has 92 valence electrons. The molecule has 2 aromatic carbocycles. The zero-order valence-corrected chi connectivity index (χ0v) is 10.6. The molecular weight excluding hydrogens is 240 g/mol. The molecule has 0 aliphatic carbocycles. The summed E-state index contributed by atoms with van der Waals surface area (Å²) >= 11 is 0. The average Bonchev–Trinajstić information content (AvgIpc) is 2.92. The van der Waals surface area contributed by atoms with E-state index in [1.165, 1.54) is 0 Å². The van der Waals surface area contributed by atoms with Crippen LogP contribution < -0.4 is 0 Å². The monoisotopic (exact) mass is 256 g/mol. The Morgan fingerprint density at radius 2 is 1.44 bits per heavy atom. The third-order valence-corrected chi connectivity index (χ3v) is 2.35. The van der Waals surface area contributed by atoms with Crippen LogP contribution in [0.5, 0.6) is 0 Å². The zero-order valence-electron chi connectivity index (χ0n) is 9.54. The first-order valence-corrected chi connectivity index (χ1v) is 5.10. The van der Waals surface area contributed by atoms with E-state index in [0.29, 0.717) is 0 Å². The summed E-state index contributed by atoms with van der Waals surface area (Å²) in [5, 5.41) is 0. The van der Waals surface area contributed by atoms with Crippen LogP contribution in [0.4, 0.5) is 0 Å². The maximum Gasteiger partial charge on any atom is 0.125 e. The molecule has 0 amide bonds. The van der Waals surface area contributed by atoms with E-state index in [2.05, 4.69) is 0 Å².